The largest absolute Gasteiger partial charge is 0.378 e. The molecule has 1 aromatic carbocycles. The van der Waals surface area contributed by atoms with E-state index < -0.39 is 11.6 Å². The first kappa shape index (κ1) is 17.0. The van der Waals surface area contributed by atoms with Crippen LogP contribution in [0.5, 0.6) is 0 Å². The minimum absolute atomic E-state index is 0.219. The lowest BCUT2D eigenvalue weighted by Crippen LogP contribution is -2.48. The van der Waals surface area contributed by atoms with Gasteiger partial charge in [0.05, 0.1) is 19.4 Å². The van der Waals surface area contributed by atoms with Crippen molar-refractivity contribution in [2.45, 2.75) is 37.6 Å². The maximum Gasteiger partial charge on any atom is 0.346 e. The van der Waals surface area contributed by atoms with Crippen molar-refractivity contribution in [3.8, 4) is 0 Å². The molecule has 7 nitrogen and oxygen atoms in total. The second-order valence-electron chi connectivity index (χ2n) is 7.13. The average molecular weight is 356 g/mol. The van der Waals surface area contributed by atoms with Gasteiger partial charge in [0.25, 0.3) is 5.91 Å². The van der Waals surface area contributed by atoms with Gasteiger partial charge in [-0.3, -0.25) is 4.79 Å². The number of amides is 3. The van der Waals surface area contributed by atoms with E-state index in [0.717, 1.165) is 61.8 Å². The minimum Gasteiger partial charge on any atom is -0.378 e. The van der Waals surface area contributed by atoms with Crippen LogP contribution in [-0.2, 0) is 9.53 Å². The van der Waals surface area contributed by atoms with E-state index in [1.165, 1.54) is 0 Å². The number of nitrogens with one attached hydrogen (secondary N) is 1. The van der Waals surface area contributed by atoms with Gasteiger partial charge < -0.3 is 15.0 Å². The van der Waals surface area contributed by atoms with Crippen LogP contribution in [0.4, 0.5) is 10.5 Å². The number of benzene rings is 1. The highest BCUT2D eigenvalue weighted by molar-refractivity contribution is 6.07. The number of urea groups is 1. The number of anilines is 1. The van der Waals surface area contributed by atoms with Gasteiger partial charge in [-0.05, 0) is 30.5 Å². The summed E-state index contributed by atoms with van der Waals surface area (Å²) in [5, 5.41) is 8.01. The van der Waals surface area contributed by atoms with Gasteiger partial charge in [-0.15, -0.1) is 5.01 Å². The Hall–Kier alpha value is -2.41. The molecule has 0 unspecified atom stereocenters. The predicted molar refractivity (Wildman–Crippen MR) is 98.3 cm³/mol. The lowest BCUT2D eigenvalue weighted by atomic mass is 9.82. The van der Waals surface area contributed by atoms with Crippen LogP contribution in [-0.4, -0.2) is 55.0 Å². The Morgan fingerprint density at radius 2 is 1.73 bits per heavy atom. The van der Waals surface area contributed by atoms with Crippen molar-refractivity contribution in [1.29, 1.82) is 0 Å². The molecule has 4 rings (SSSR count). The van der Waals surface area contributed by atoms with Crippen LogP contribution in [0.3, 0.4) is 0 Å². The molecule has 1 aromatic rings. The number of morpholine rings is 1. The third-order valence-electron chi connectivity index (χ3n) is 5.44. The van der Waals surface area contributed by atoms with Gasteiger partial charge in [0, 0.05) is 18.8 Å². The Morgan fingerprint density at radius 3 is 2.42 bits per heavy atom. The smallest absolute Gasteiger partial charge is 0.346 e. The molecule has 0 radical (unpaired) electrons. The van der Waals surface area contributed by atoms with Crippen molar-refractivity contribution >= 4 is 23.8 Å². The van der Waals surface area contributed by atoms with Crippen LogP contribution < -0.4 is 10.2 Å². The summed E-state index contributed by atoms with van der Waals surface area (Å²) in [4.78, 5) is 27.2. The summed E-state index contributed by atoms with van der Waals surface area (Å²) in [5.74, 6) is -0.219. The molecule has 3 aliphatic rings. The summed E-state index contributed by atoms with van der Waals surface area (Å²) < 4.78 is 5.37. The molecule has 0 aromatic heterocycles. The van der Waals surface area contributed by atoms with Gasteiger partial charge in [0.15, 0.2) is 0 Å². The average Bonchev–Trinajstić information content (AvgIpc) is 2.91. The van der Waals surface area contributed by atoms with Crippen molar-refractivity contribution in [3.05, 3.63) is 29.8 Å². The van der Waals surface area contributed by atoms with E-state index in [0.29, 0.717) is 12.8 Å². The fraction of sp³-hybridized carbons (Fsp3) is 0.526. The maximum atomic E-state index is 12.7. The quantitative estimate of drug-likeness (QED) is 0.665. The highest BCUT2D eigenvalue weighted by Crippen LogP contribution is 2.33. The summed E-state index contributed by atoms with van der Waals surface area (Å²) in [7, 11) is 0. The predicted octanol–water partition coefficient (Wildman–Crippen LogP) is 2.11. The normalized spacial score (nSPS) is 23.1. The summed E-state index contributed by atoms with van der Waals surface area (Å²) in [5.41, 5.74) is 1.26. The molecule has 1 saturated carbocycles. The molecule has 2 saturated heterocycles. The highest BCUT2D eigenvalue weighted by atomic mass is 16.5. The van der Waals surface area contributed by atoms with Gasteiger partial charge in [-0.25, -0.2) is 4.79 Å². The van der Waals surface area contributed by atoms with E-state index in [2.05, 4.69) is 15.3 Å². The minimum atomic E-state index is -0.729. The number of ether oxygens (including phenoxy) is 1. The van der Waals surface area contributed by atoms with Crippen molar-refractivity contribution in [3.63, 3.8) is 0 Å². The second-order valence-corrected chi connectivity index (χ2v) is 7.13. The maximum absolute atomic E-state index is 12.7. The molecule has 3 fully saturated rings. The lowest BCUT2D eigenvalue weighted by molar-refractivity contribution is -0.132. The van der Waals surface area contributed by atoms with Crippen LogP contribution in [0.25, 0.3) is 0 Å². The van der Waals surface area contributed by atoms with Gasteiger partial charge in [0.1, 0.15) is 5.54 Å². The lowest BCUT2D eigenvalue weighted by Gasteiger charge is -2.29. The number of rotatable bonds is 3. The summed E-state index contributed by atoms with van der Waals surface area (Å²) in [6.45, 7) is 3.27. The van der Waals surface area contributed by atoms with E-state index in [4.69, 9.17) is 4.74 Å². The number of hydrogen-bond donors (Lipinski definition) is 1. The molecule has 3 amide bonds. The first-order valence-corrected chi connectivity index (χ1v) is 9.31. The van der Waals surface area contributed by atoms with Gasteiger partial charge in [-0.2, -0.15) is 5.10 Å². The van der Waals surface area contributed by atoms with Gasteiger partial charge >= 0.3 is 6.03 Å². The Bertz CT molecular complexity index is 704. The Labute approximate surface area is 153 Å². The fourth-order valence-corrected chi connectivity index (χ4v) is 3.92. The zero-order chi connectivity index (χ0) is 18.0. The molecule has 2 heterocycles. The Morgan fingerprint density at radius 1 is 1.04 bits per heavy atom. The molecule has 138 valence electrons. The zero-order valence-corrected chi connectivity index (χ0v) is 14.8. The molecule has 1 N–H and O–H groups in total. The van der Waals surface area contributed by atoms with E-state index >= 15 is 0 Å². The molecule has 1 aliphatic carbocycles. The molecule has 1 spiro atoms. The van der Waals surface area contributed by atoms with Crippen molar-refractivity contribution in [2.24, 2.45) is 5.10 Å². The van der Waals surface area contributed by atoms with Gasteiger partial charge in [-0.1, -0.05) is 31.4 Å². The Kier molecular flexibility index (Phi) is 4.63. The van der Waals surface area contributed by atoms with Crippen molar-refractivity contribution in [1.82, 2.24) is 10.3 Å². The molecular weight excluding hydrogens is 332 g/mol. The number of hydrazone groups is 1. The third kappa shape index (κ3) is 3.19. The molecule has 0 bridgehead atoms. The first-order valence-electron chi connectivity index (χ1n) is 9.31. The molecule has 2 aliphatic heterocycles. The number of carbonyl (C=O) groups excluding carboxylic acids is 2. The number of hydrogen-bond acceptors (Lipinski definition) is 5. The first-order chi connectivity index (χ1) is 12.7. The SMILES string of the molecule is O=C1NC2(CCCCC2)C(=O)N1/N=C\c1ccc(N2CCOCC2)cc1. The van der Waals surface area contributed by atoms with Crippen LogP contribution >= 0.6 is 0 Å². The van der Waals surface area contributed by atoms with E-state index in [9.17, 15) is 9.59 Å². The summed E-state index contributed by atoms with van der Waals surface area (Å²) >= 11 is 0. The van der Waals surface area contributed by atoms with E-state index in [1.54, 1.807) is 6.21 Å². The molecular formula is C19H24N4O3. The number of carbonyl (C=O) groups is 2. The topological polar surface area (TPSA) is 74.2 Å². The van der Waals surface area contributed by atoms with Crippen LogP contribution in [0.15, 0.2) is 29.4 Å². The van der Waals surface area contributed by atoms with Crippen LogP contribution in [0.2, 0.25) is 0 Å². The molecule has 0 atom stereocenters. The van der Waals surface area contributed by atoms with Crippen molar-refractivity contribution < 1.29 is 14.3 Å². The zero-order valence-electron chi connectivity index (χ0n) is 14.8. The van der Waals surface area contributed by atoms with Crippen LogP contribution in [0.1, 0.15) is 37.7 Å². The van der Waals surface area contributed by atoms with Gasteiger partial charge in [0.2, 0.25) is 0 Å². The summed E-state index contributed by atoms with van der Waals surface area (Å²) in [6.07, 6.45) is 6.03. The highest BCUT2D eigenvalue weighted by Gasteiger charge is 2.51. The summed E-state index contributed by atoms with van der Waals surface area (Å²) in [6, 6.07) is 7.53. The van der Waals surface area contributed by atoms with Crippen molar-refractivity contribution in [2.75, 3.05) is 31.2 Å². The third-order valence-corrected chi connectivity index (χ3v) is 5.44. The standard InChI is InChI=1S/C19H24N4O3/c24-17-19(8-2-1-3-9-19)21-18(25)23(17)20-14-15-4-6-16(7-5-15)22-10-12-26-13-11-22/h4-7,14H,1-3,8-13H2,(H,21,25)/b20-14-. The fourth-order valence-electron chi connectivity index (χ4n) is 3.92. The van der Waals surface area contributed by atoms with E-state index in [-0.39, 0.29) is 5.91 Å². The molecule has 7 heteroatoms. The Balaban J connectivity index is 1.44. The number of imide groups is 1. The molecule has 26 heavy (non-hydrogen) atoms. The second kappa shape index (κ2) is 7.07. The monoisotopic (exact) mass is 356 g/mol. The van der Waals surface area contributed by atoms with Crippen LogP contribution in [0, 0.1) is 0 Å². The van der Waals surface area contributed by atoms with E-state index in [1.807, 2.05) is 24.3 Å². The number of nitrogens with zero attached hydrogens (tertiary/aromatic N) is 3.